The SMILES string of the molecule is COC(=O)c1nc(C2CCC(C)O2)sc1N. The lowest BCUT2D eigenvalue weighted by Gasteiger charge is -2.06. The summed E-state index contributed by atoms with van der Waals surface area (Å²) in [5.41, 5.74) is 5.92. The van der Waals surface area contributed by atoms with Gasteiger partial charge < -0.3 is 15.2 Å². The molecule has 2 N–H and O–H groups in total. The molecule has 0 radical (unpaired) electrons. The van der Waals surface area contributed by atoms with E-state index in [2.05, 4.69) is 9.72 Å². The van der Waals surface area contributed by atoms with Gasteiger partial charge >= 0.3 is 5.97 Å². The Balaban J connectivity index is 2.20. The van der Waals surface area contributed by atoms with E-state index in [0.717, 1.165) is 17.8 Å². The van der Waals surface area contributed by atoms with E-state index in [4.69, 9.17) is 10.5 Å². The average molecular weight is 242 g/mol. The van der Waals surface area contributed by atoms with Crippen molar-refractivity contribution in [2.45, 2.75) is 32.0 Å². The molecule has 1 fully saturated rings. The van der Waals surface area contributed by atoms with Crippen molar-refractivity contribution in [3.8, 4) is 0 Å². The Morgan fingerprint density at radius 3 is 2.94 bits per heavy atom. The predicted octanol–water partition coefficient (Wildman–Crippen LogP) is 1.75. The molecule has 1 saturated heterocycles. The third-order valence-corrected chi connectivity index (χ3v) is 3.53. The maximum atomic E-state index is 11.3. The van der Waals surface area contributed by atoms with Crippen molar-refractivity contribution in [1.29, 1.82) is 0 Å². The van der Waals surface area contributed by atoms with E-state index in [-0.39, 0.29) is 17.9 Å². The molecule has 0 spiro atoms. The highest BCUT2D eigenvalue weighted by atomic mass is 32.1. The number of esters is 1. The van der Waals surface area contributed by atoms with Crippen LogP contribution in [0.5, 0.6) is 0 Å². The van der Waals surface area contributed by atoms with Crippen molar-refractivity contribution in [2.75, 3.05) is 12.8 Å². The van der Waals surface area contributed by atoms with E-state index in [0.29, 0.717) is 5.00 Å². The number of hydrogen-bond acceptors (Lipinski definition) is 6. The van der Waals surface area contributed by atoms with Crippen LogP contribution in [0.2, 0.25) is 0 Å². The Kier molecular flexibility index (Phi) is 3.11. The van der Waals surface area contributed by atoms with Crippen LogP contribution in [0.15, 0.2) is 0 Å². The number of rotatable bonds is 2. The fourth-order valence-electron chi connectivity index (χ4n) is 1.71. The Hall–Kier alpha value is -1.14. The fourth-order valence-corrected chi connectivity index (χ4v) is 2.61. The van der Waals surface area contributed by atoms with E-state index in [1.54, 1.807) is 0 Å². The number of nitrogens with two attached hydrogens (primary N) is 1. The third-order valence-electron chi connectivity index (χ3n) is 2.56. The molecule has 16 heavy (non-hydrogen) atoms. The van der Waals surface area contributed by atoms with Gasteiger partial charge in [0.15, 0.2) is 5.69 Å². The van der Waals surface area contributed by atoms with Gasteiger partial charge in [0.25, 0.3) is 0 Å². The van der Waals surface area contributed by atoms with E-state index in [9.17, 15) is 4.79 Å². The van der Waals surface area contributed by atoms with Crippen molar-refractivity contribution in [3.63, 3.8) is 0 Å². The molecule has 1 aromatic rings. The summed E-state index contributed by atoms with van der Waals surface area (Å²) >= 11 is 1.30. The molecule has 88 valence electrons. The van der Waals surface area contributed by atoms with Crippen molar-refractivity contribution < 1.29 is 14.3 Å². The maximum Gasteiger partial charge on any atom is 0.359 e. The van der Waals surface area contributed by atoms with Crippen molar-refractivity contribution >= 4 is 22.3 Å². The van der Waals surface area contributed by atoms with Gasteiger partial charge in [-0.25, -0.2) is 9.78 Å². The number of hydrogen-bond donors (Lipinski definition) is 1. The van der Waals surface area contributed by atoms with Crippen LogP contribution in [-0.4, -0.2) is 24.2 Å². The number of carbonyl (C=O) groups is 1. The number of aromatic nitrogens is 1. The number of ether oxygens (including phenoxy) is 2. The fraction of sp³-hybridized carbons (Fsp3) is 0.600. The Morgan fingerprint density at radius 2 is 2.38 bits per heavy atom. The van der Waals surface area contributed by atoms with Crippen LogP contribution in [0.1, 0.15) is 41.4 Å². The van der Waals surface area contributed by atoms with Gasteiger partial charge in [-0.3, -0.25) is 0 Å². The molecule has 6 heteroatoms. The summed E-state index contributed by atoms with van der Waals surface area (Å²) in [6.45, 7) is 2.03. The number of carbonyl (C=O) groups excluding carboxylic acids is 1. The Morgan fingerprint density at radius 1 is 1.62 bits per heavy atom. The van der Waals surface area contributed by atoms with Gasteiger partial charge in [-0.1, -0.05) is 11.3 Å². The number of nitrogens with zero attached hydrogens (tertiary/aromatic N) is 1. The first-order valence-electron chi connectivity index (χ1n) is 5.11. The summed E-state index contributed by atoms with van der Waals surface area (Å²) in [7, 11) is 1.31. The van der Waals surface area contributed by atoms with Crippen LogP contribution >= 0.6 is 11.3 Å². The Bertz CT molecular complexity index is 405. The Labute approximate surface area is 97.6 Å². The molecular weight excluding hydrogens is 228 g/mol. The quantitative estimate of drug-likeness (QED) is 0.800. The molecule has 5 nitrogen and oxygen atoms in total. The molecule has 1 aromatic heterocycles. The normalized spacial score (nSPS) is 24.6. The van der Waals surface area contributed by atoms with Crippen molar-refractivity contribution in [2.24, 2.45) is 0 Å². The van der Waals surface area contributed by atoms with Gasteiger partial charge in [0, 0.05) is 0 Å². The lowest BCUT2D eigenvalue weighted by Crippen LogP contribution is -2.05. The van der Waals surface area contributed by atoms with Crippen LogP contribution in [0, 0.1) is 0 Å². The minimum absolute atomic E-state index is 0.0271. The average Bonchev–Trinajstić information content (AvgIpc) is 2.83. The number of anilines is 1. The van der Waals surface area contributed by atoms with E-state index in [1.165, 1.54) is 18.4 Å². The molecule has 0 bridgehead atoms. The number of methoxy groups -OCH3 is 1. The summed E-state index contributed by atoms with van der Waals surface area (Å²) in [6, 6.07) is 0. The molecule has 2 atom stereocenters. The second-order valence-electron chi connectivity index (χ2n) is 3.77. The van der Waals surface area contributed by atoms with Crippen LogP contribution < -0.4 is 5.73 Å². The lowest BCUT2D eigenvalue weighted by atomic mass is 10.2. The van der Waals surface area contributed by atoms with Crippen LogP contribution in [-0.2, 0) is 9.47 Å². The van der Waals surface area contributed by atoms with Gasteiger partial charge in [-0.05, 0) is 19.8 Å². The zero-order chi connectivity index (χ0) is 11.7. The molecule has 0 amide bonds. The maximum absolute atomic E-state index is 11.3. The largest absolute Gasteiger partial charge is 0.464 e. The first-order chi connectivity index (χ1) is 7.61. The molecule has 2 rings (SSSR count). The smallest absolute Gasteiger partial charge is 0.359 e. The van der Waals surface area contributed by atoms with Gasteiger partial charge in [0.1, 0.15) is 16.1 Å². The predicted molar refractivity (Wildman–Crippen MR) is 60.4 cm³/mol. The molecule has 2 heterocycles. The highest BCUT2D eigenvalue weighted by Crippen LogP contribution is 2.36. The number of thiazole rings is 1. The molecule has 1 aliphatic rings. The van der Waals surface area contributed by atoms with Gasteiger partial charge in [0.2, 0.25) is 0 Å². The summed E-state index contributed by atoms with van der Waals surface area (Å²) < 4.78 is 10.3. The monoisotopic (exact) mass is 242 g/mol. The van der Waals surface area contributed by atoms with E-state index >= 15 is 0 Å². The topological polar surface area (TPSA) is 74.4 Å². The molecule has 0 aliphatic carbocycles. The van der Waals surface area contributed by atoms with Crippen molar-refractivity contribution in [3.05, 3.63) is 10.7 Å². The highest BCUT2D eigenvalue weighted by molar-refractivity contribution is 7.16. The second-order valence-corrected chi connectivity index (χ2v) is 4.83. The first-order valence-corrected chi connectivity index (χ1v) is 5.93. The zero-order valence-corrected chi connectivity index (χ0v) is 10.0. The summed E-state index contributed by atoms with van der Waals surface area (Å²) in [5, 5.41) is 1.16. The van der Waals surface area contributed by atoms with Gasteiger partial charge in [-0.2, -0.15) is 0 Å². The molecule has 0 saturated carbocycles. The summed E-state index contributed by atoms with van der Waals surface area (Å²) in [5.74, 6) is -0.494. The zero-order valence-electron chi connectivity index (χ0n) is 9.23. The van der Waals surface area contributed by atoms with Gasteiger partial charge in [-0.15, -0.1) is 0 Å². The third kappa shape index (κ3) is 2.03. The second kappa shape index (κ2) is 4.39. The van der Waals surface area contributed by atoms with Crippen molar-refractivity contribution in [1.82, 2.24) is 4.98 Å². The van der Waals surface area contributed by atoms with Crippen LogP contribution in [0.25, 0.3) is 0 Å². The van der Waals surface area contributed by atoms with Crippen LogP contribution in [0.3, 0.4) is 0 Å². The van der Waals surface area contributed by atoms with E-state index < -0.39 is 5.97 Å². The number of nitrogen functional groups attached to an aromatic ring is 1. The highest BCUT2D eigenvalue weighted by Gasteiger charge is 2.28. The summed E-state index contributed by atoms with van der Waals surface area (Å²) in [4.78, 5) is 15.5. The molecule has 2 unspecified atom stereocenters. The van der Waals surface area contributed by atoms with Gasteiger partial charge in [0.05, 0.1) is 13.2 Å². The molecule has 0 aromatic carbocycles. The molecule has 1 aliphatic heterocycles. The lowest BCUT2D eigenvalue weighted by molar-refractivity contribution is 0.0543. The minimum atomic E-state index is -0.494. The van der Waals surface area contributed by atoms with Crippen LogP contribution in [0.4, 0.5) is 5.00 Å². The first kappa shape index (κ1) is 11.3. The summed E-state index contributed by atoms with van der Waals surface area (Å²) in [6.07, 6.45) is 2.16. The standard InChI is InChI=1S/C10H14N2O3S/c1-5-3-4-6(15-5)9-12-7(8(11)16-9)10(13)14-2/h5-6H,3-4,11H2,1-2H3. The molecular formula is C10H14N2O3S. The van der Waals surface area contributed by atoms with E-state index in [1.807, 2.05) is 6.92 Å². The minimum Gasteiger partial charge on any atom is -0.464 e.